The molecule has 0 saturated carbocycles. The number of aryl methyl sites for hydroxylation is 3. The molecule has 0 fully saturated rings. The number of fused-ring (bicyclic) bond motifs is 1. The Morgan fingerprint density at radius 3 is 2.68 bits per heavy atom. The van der Waals surface area contributed by atoms with E-state index in [4.69, 9.17) is 0 Å². The minimum atomic E-state index is -0.0338. The molecule has 4 rings (SSSR count). The first kappa shape index (κ1) is 15.6. The number of hydrogen-bond acceptors (Lipinski definition) is 3. The van der Waals surface area contributed by atoms with Gasteiger partial charge in [0, 0.05) is 37.0 Å². The minimum absolute atomic E-state index is 0.0338. The second-order valence-corrected chi connectivity index (χ2v) is 6.61. The Bertz CT molecular complexity index is 906. The lowest BCUT2D eigenvalue weighted by atomic mass is 10.1. The first-order valence-electron chi connectivity index (χ1n) is 8.55. The second kappa shape index (κ2) is 6.20. The Kier molecular flexibility index (Phi) is 3.87. The summed E-state index contributed by atoms with van der Waals surface area (Å²) in [6.07, 6.45) is 5.79. The zero-order valence-electron chi connectivity index (χ0n) is 14.4. The van der Waals surface area contributed by atoms with Crippen LogP contribution in [-0.4, -0.2) is 31.3 Å². The van der Waals surface area contributed by atoms with E-state index in [9.17, 15) is 4.79 Å². The molecule has 0 aliphatic carbocycles. The molecule has 0 bridgehead atoms. The summed E-state index contributed by atoms with van der Waals surface area (Å²) in [5, 5.41) is 7.52. The second-order valence-electron chi connectivity index (χ2n) is 6.61. The van der Waals surface area contributed by atoms with Crippen LogP contribution in [0.3, 0.4) is 0 Å². The third kappa shape index (κ3) is 3.20. The van der Waals surface area contributed by atoms with Crippen LogP contribution in [0.5, 0.6) is 0 Å². The molecule has 128 valence electrons. The molecule has 0 radical (unpaired) electrons. The first-order valence-corrected chi connectivity index (χ1v) is 8.55. The normalized spacial score (nSPS) is 16.5. The van der Waals surface area contributed by atoms with E-state index in [1.807, 2.05) is 50.4 Å². The zero-order valence-corrected chi connectivity index (χ0v) is 14.4. The fourth-order valence-corrected chi connectivity index (χ4v) is 3.30. The molecule has 3 aromatic rings. The molecule has 1 N–H and O–H groups in total. The van der Waals surface area contributed by atoms with Gasteiger partial charge in [0.05, 0.1) is 17.1 Å². The third-order valence-electron chi connectivity index (χ3n) is 4.56. The molecular weight excluding hydrogens is 314 g/mol. The van der Waals surface area contributed by atoms with Gasteiger partial charge < -0.3 is 9.88 Å². The molecule has 6 heteroatoms. The Morgan fingerprint density at radius 2 is 1.96 bits per heavy atom. The molecule has 1 atom stereocenters. The van der Waals surface area contributed by atoms with Crippen molar-refractivity contribution in [1.82, 2.24) is 24.6 Å². The fourth-order valence-electron chi connectivity index (χ4n) is 3.30. The standard InChI is InChI=1S/C19H21N5O/c1-13-9-10-24(22-13)17-6-3-15(4-7-17)19(25)21-16-5-8-18-20-14(2)11-23(18)12-16/h3-4,6-7,9-11,16H,5,8,12H2,1-2H3,(H,21,25). The highest BCUT2D eigenvalue weighted by Gasteiger charge is 2.21. The molecule has 25 heavy (non-hydrogen) atoms. The van der Waals surface area contributed by atoms with Crippen molar-refractivity contribution in [3.05, 3.63) is 65.5 Å². The summed E-state index contributed by atoms with van der Waals surface area (Å²) >= 11 is 0. The highest BCUT2D eigenvalue weighted by Crippen LogP contribution is 2.16. The van der Waals surface area contributed by atoms with E-state index in [2.05, 4.69) is 26.2 Å². The average molecular weight is 335 g/mol. The SMILES string of the molecule is Cc1cn2c(n1)CCC(NC(=O)c1ccc(-n3ccc(C)n3)cc1)C2. The van der Waals surface area contributed by atoms with Gasteiger partial charge >= 0.3 is 0 Å². The Balaban J connectivity index is 1.43. The molecule has 1 aromatic carbocycles. The molecule has 2 aromatic heterocycles. The molecule has 3 heterocycles. The number of aromatic nitrogens is 4. The number of amides is 1. The summed E-state index contributed by atoms with van der Waals surface area (Å²) in [6, 6.07) is 9.62. The summed E-state index contributed by atoms with van der Waals surface area (Å²) in [4.78, 5) is 17.0. The highest BCUT2D eigenvalue weighted by molar-refractivity contribution is 5.94. The molecule has 1 amide bonds. The van der Waals surface area contributed by atoms with Crippen molar-refractivity contribution in [2.24, 2.45) is 0 Å². The van der Waals surface area contributed by atoms with Crippen molar-refractivity contribution < 1.29 is 4.79 Å². The molecule has 1 aliphatic heterocycles. The van der Waals surface area contributed by atoms with Gasteiger partial charge in [-0.1, -0.05) is 0 Å². The monoisotopic (exact) mass is 335 g/mol. The first-order chi connectivity index (χ1) is 12.1. The molecule has 1 unspecified atom stereocenters. The van der Waals surface area contributed by atoms with Crippen molar-refractivity contribution in [2.75, 3.05) is 0 Å². The van der Waals surface area contributed by atoms with Crippen LogP contribution in [0.25, 0.3) is 5.69 Å². The number of carbonyl (C=O) groups excluding carboxylic acids is 1. The predicted molar refractivity (Wildman–Crippen MR) is 94.8 cm³/mol. The smallest absolute Gasteiger partial charge is 0.251 e. The lowest BCUT2D eigenvalue weighted by Crippen LogP contribution is -2.40. The van der Waals surface area contributed by atoms with Crippen LogP contribution in [0.4, 0.5) is 0 Å². The number of carbonyl (C=O) groups is 1. The van der Waals surface area contributed by atoms with Gasteiger partial charge in [-0.15, -0.1) is 0 Å². The molecule has 6 nitrogen and oxygen atoms in total. The summed E-state index contributed by atoms with van der Waals surface area (Å²) in [5.41, 5.74) is 3.61. The molecule has 0 saturated heterocycles. The van der Waals surface area contributed by atoms with Gasteiger partial charge in [0.15, 0.2) is 0 Å². The van der Waals surface area contributed by atoms with Crippen molar-refractivity contribution in [1.29, 1.82) is 0 Å². The van der Waals surface area contributed by atoms with E-state index in [1.54, 1.807) is 4.68 Å². The van der Waals surface area contributed by atoms with Gasteiger partial charge in [-0.25, -0.2) is 9.67 Å². The Labute approximate surface area is 146 Å². The van der Waals surface area contributed by atoms with Crippen molar-refractivity contribution in [2.45, 2.75) is 39.3 Å². The van der Waals surface area contributed by atoms with Crippen LogP contribution in [0.2, 0.25) is 0 Å². The zero-order chi connectivity index (χ0) is 17.4. The number of imidazole rings is 1. The number of nitrogens with one attached hydrogen (secondary N) is 1. The number of hydrogen-bond donors (Lipinski definition) is 1. The van der Waals surface area contributed by atoms with Crippen LogP contribution in [0.1, 0.15) is 34.0 Å². The van der Waals surface area contributed by atoms with Crippen molar-refractivity contribution >= 4 is 5.91 Å². The maximum atomic E-state index is 12.5. The molecule has 1 aliphatic rings. The van der Waals surface area contributed by atoms with E-state index in [0.717, 1.165) is 42.3 Å². The van der Waals surface area contributed by atoms with Crippen LogP contribution in [-0.2, 0) is 13.0 Å². The topological polar surface area (TPSA) is 64.7 Å². The number of rotatable bonds is 3. The predicted octanol–water partition coefficient (Wildman–Crippen LogP) is 2.43. The van der Waals surface area contributed by atoms with Crippen LogP contribution < -0.4 is 5.32 Å². The van der Waals surface area contributed by atoms with Gasteiger partial charge in [-0.05, 0) is 50.6 Å². The summed E-state index contributed by atoms with van der Waals surface area (Å²) in [5.74, 6) is 1.08. The maximum Gasteiger partial charge on any atom is 0.251 e. The fraction of sp³-hybridized carbons (Fsp3) is 0.316. The largest absolute Gasteiger partial charge is 0.347 e. The van der Waals surface area contributed by atoms with E-state index >= 15 is 0 Å². The molecular formula is C19H21N5O. The van der Waals surface area contributed by atoms with E-state index in [0.29, 0.717) is 5.56 Å². The lowest BCUT2D eigenvalue weighted by molar-refractivity contribution is 0.0927. The van der Waals surface area contributed by atoms with Gasteiger partial charge in [0.25, 0.3) is 5.91 Å². The Morgan fingerprint density at radius 1 is 1.16 bits per heavy atom. The van der Waals surface area contributed by atoms with Gasteiger partial charge in [-0.2, -0.15) is 5.10 Å². The third-order valence-corrected chi connectivity index (χ3v) is 4.56. The van der Waals surface area contributed by atoms with E-state index < -0.39 is 0 Å². The quantitative estimate of drug-likeness (QED) is 0.799. The number of nitrogens with zero attached hydrogens (tertiary/aromatic N) is 4. The minimum Gasteiger partial charge on any atom is -0.347 e. The van der Waals surface area contributed by atoms with Gasteiger partial charge in [-0.3, -0.25) is 4.79 Å². The van der Waals surface area contributed by atoms with Crippen LogP contribution >= 0.6 is 0 Å². The average Bonchev–Trinajstić information content (AvgIpc) is 3.19. The summed E-state index contributed by atoms with van der Waals surface area (Å²) in [6.45, 7) is 4.74. The van der Waals surface area contributed by atoms with Gasteiger partial charge in [0.2, 0.25) is 0 Å². The van der Waals surface area contributed by atoms with E-state index in [-0.39, 0.29) is 11.9 Å². The van der Waals surface area contributed by atoms with E-state index in [1.165, 1.54) is 0 Å². The van der Waals surface area contributed by atoms with Crippen LogP contribution in [0.15, 0.2) is 42.7 Å². The van der Waals surface area contributed by atoms with Crippen LogP contribution in [0, 0.1) is 13.8 Å². The summed E-state index contributed by atoms with van der Waals surface area (Å²) < 4.78 is 3.95. The lowest BCUT2D eigenvalue weighted by Gasteiger charge is -2.24. The highest BCUT2D eigenvalue weighted by atomic mass is 16.1. The van der Waals surface area contributed by atoms with Crippen molar-refractivity contribution in [3.63, 3.8) is 0 Å². The number of benzene rings is 1. The molecule has 0 spiro atoms. The maximum absolute atomic E-state index is 12.5. The van der Waals surface area contributed by atoms with Crippen molar-refractivity contribution in [3.8, 4) is 5.69 Å². The Hall–Kier alpha value is -2.89. The summed E-state index contributed by atoms with van der Waals surface area (Å²) in [7, 11) is 0. The van der Waals surface area contributed by atoms with Gasteiger partial charge in [0.1, 0.15) is 5.82 Å².